The van der Waals surface area contributed by atoms with E-state index in [4.69, 9.17) is 11.6 Å². The zero-order valence-electron chi connectivity index (χ0n) is 13.0. The summed E-state index contributed by atoms with van der Waals surface area (Å²) in [5.41, 5.74) is -6.39. The van der Waals surface area contributed by atoms with Gasteiger partial charge in [0.05, 0.1) is 10.5 Å². The monoisotopic (exact) mass is 412 g/mol. The van der Waals surface area contributed by atoms with Crippen LogP contribution < -0.4 is 11.2 Å². The highest BCUT2D eigenvalue weighted by Gasteiger charge is 2.35. The van der Waals surface area contributed by atoms with Gasteiger partial charge in [0.15, 0.2) is 11.6 Å². The molecule has 0 saturated carbocycles. The second kappa shape index (κ2) is 6.15. The van der Waals surface area contributed by atoms with Gasteiger partial charge in [-0.2, -0.15) is 13.2 Å². The number of nitrogens with one attached hydrogen (secondary N) is 1. The number of benzene rings is 1. The summed E-state index contributed by atoms with van der Waals surface area (Å²) in [5, 5.41) is -0.397. The molecule has 0 spiro atoms. The summed E-state index contributed by atoms with van der Waals surface area (Å²) in [6, 6.07) is 0.699. The van der Waals surface area contributed by atoms with E-state index in [0.29, 0.717) is 6.07 Å². The minimum Gasteiger partial charge on any atom is -0.335 e. The first-order valence-electron chi connectivity index (χ1n) is 7.00. The van der Waals surface area contributed by atoms with Crippen molar-refractivity contribution in [3.8, 4) is 5.69 Å². The molecule has 0 radical (unpaired) electrons. The van der Waals surface area contributed by atoms with Gasteiger partial charge in [-0.3, -0.25) is 9.36 Å². The quantitative estimate of drug-likeness (QED) is 0.657. The van der Waals surface area contributed by atoms with E-state index in [2.05, 4.69) is 4.98 Å². The van der Waals surface area contributed by atoms with Gasteiger partial charge in [0.25, 0.3) is 12.0 Å². The number of H-pyrrole nitrogens is 1. The molecule has 0 atom stereocenters. The zero-order chi connectivity index (χ0) is 20.3. The third kappa shape index (κ3) is 2.99. The largest absolute Gasteiger partial charge is 0.431 e. The van der Waals surface area contributed by atoms with Crippen molar-refractivity contribution in [3.05, 3.63) is 55.3 Å². The second-order valence-electron chi connectivity index (χ2n) is 5.38. The number of halogens is 7. The number of aromatic nitrogens is 4. The van der Waals surface area contributed by atoms with Gasteiger partial charge in [-0.25, -0.2) is 27.5 Å². The molecule has 0 aliphatic rings. The van der Waals surface area contributed by atoms with Crippen molar-refractivity contribution in [2.24, 2.45) is 7.05 Å². The Morgan fingerprint density at radius 3 is 2.41 bits per heavy atom. The van der Waals surface area contributed by atoms with Crippen molar-refractivity contribution in [3.63, 3.8) is 0 Å². The van der Waals surface area contributed by atoms with Crippen molar-refractivity contribution < 1.29 is 26.3 Å². The molecule has 0 fully saturated rings. The Labute approximate surface area is 149 Å². The lowest BCUT2D eigenvalue weighted by Gasteiger charge is -2.14. The highest BCUT2D eigenvalue weighted by molar-refractivity contribution is 6.35. The van der Waals surface area contributed by atoms with Crippen LogP contribution in [0, 0.1) is 5.82 Å². The third-order valence-corrected chi connectivity index (χ3v) is 3.99. The summed E-state index contributed by atoms with van der Waals surface area (Å²) in [6.45, 7) is 0. The van der Waals surface area contributed by atoms with E-state index in [9.17, 15) is 35.9 Å². The smallest absolute Gasteiger partial charge is 0.335 e. The minimum absolute atomic E-state index is 0.0800. The third-order valence-electron chi connectivity index (χ3n) is 3.71. The van der Waals surface area contributed by atoms with Crippen LogP contribution in [0.1, 0.15) is 17.9 Å². The molecule has 3 rings (SSSR count). The molecule has 3 aromatic rings. The highest BCUT2D eigenvalue weighted by Crippen LogP contribution is 2.32. The summed E-state index contributed by atoms with van der Waals surface area (Å²) >= 11 is 5.75. The molecule has 6 nitrogen and oxygen atoms in total. The number of imidazole rings is 1. The molecule has 0 bridgehead atoms. The predicted molar refractivity (Wildman–Crippen MR) is 81.9 cm³/mol. The van der Waals surface area contributed by atoms with Crippen molar-refractivity contribution in [2.75, 3.05) is 0 Å². The van der Waals surface area contributed by atoms with Crippen LogP contribution in [0.15, 0.2) is 21.7 Å². The molecule has 1 N–H and O–H groups in total. The second-order valence-corrected chi connectivity index (χ2v) is 5.78. The Morgan fingerprint density at radius 1 is 1.22 bits per heavy atom. The van der Waals surface area contributed by atoms with Crippen LogP contribution in [0.4, 0.5) is 26.3 Å². The molecular weight excluding hydrogens is 406 g/mol. The van der Waals surface area contributed by atoms with Crippen LogP contribution in [0.25, 0.3) is 16.7 Å². The summed E-state index contributed by atoms with van der Waals surface area (Å²) in [6.07, 6.45) is -8.13. The van der Waals surface area contributed by atoms with Gasteiger partial charge in [-0.15, -0.1) is 0 Å². The van der Waals surface area contributed by atoms with E-state index in [1.807, 2.05) is 4.98 Å². The SMILES string of the molecule is Cn1c(C(F)(F)F)cc(=O)n(-c2c(F)cc(Cl)c3nc(C(F)F)[nH]c23)c1=O. The average Bonchev–Trinajstić information content (AvgIpc) is 2.98. The summed E-state index contributed by atoms with van der Waals surface area (Å²) in [4.78, 5) is 30.0. The molecular formula is C14H7ClF6N4O2. The van der Waals surface area contributed by atoms with E-state index < -0.39 is 57.4 Å². The molecule has 0 aliphatic heterocycles. The molecule has 2 aromatic heterocycles. The lowest BCUT2D eigenvalue weighted by atomic mass is 10.2. The van der Waals surface area contributed by atoms with Gasteiger partial charge >= 0.3 is 11.9 Å². The molecule has 2 heterocycles. The molecule has 144 valence electrons. The summed E-state index contributed by atoms with van der Waals surface area (Å²) < 4.78 is 79.2. The maximum Gasteiger partial charge on any atom is 0.431 e. The highest BCUT2D eigenvalue weighted by atomic mass is 35.5. The Morgan fingerprint density at radius 2 is 1.85 bits per heavy atom. The first-order valence-corrected chi connectivity index (χ1v) is 7.37. The van der Waals surface area contributed by atoms with Gasteiger partial charge in [0.1, 0.15) is 16.9 Å². The van der Waals surface area contributed by atoms with E-state index in [1.54, 1.807) is 0 Å². The van der Waals surface area contributed by atoms with Crippen molar-refractivity contribution in [2.45, 2.75) is 12.6 Å². The fraction of sp³-hybridized carbons (Fsp3) is 0.214. The maximum atomic E-state index is 14.5. The van der Waals surface area contributed by atoms with Gasteiger partial charge < -0.3 is 4.98 Å². The van der Waals surface area contributed by atoms with Crippen LogP contribution in [0.3, 0.4) is 0 Å². The molecule has 0 unspecified atom stereocenters. The van der Waals surface area contributed by atoms with Gasteiger partial charge in [-0.05, 0) is 6.07 Å². The van der Waals surface area contributed by atoms with Crippen LogP contribution in [-0.2, 0) is 13.2 Å². The Balaban J connectivity index is 2.45. The minimum atomic E-state index is -5.02. The van der Waals surface area contributed by atoms with Crippen molar-refractivity contribution >= 4 is 22.6 Å². The van der Waals surface area contributed by atoms with Crippen LogP contribution >= 0.6 is 11.6 Å². The van der Waals surface area contributed by atoms with Crippen molar-refractivity contribution in [1.29, 1.82) is 0 Å². The maximum absolute atomic E-state index is 14.5. The Kier molecular flexibility index (Phi) is 4.33. The number of fused-ring (bicyclic) bond motifs is 1. The summed E-state index contributed by atoms with van der Waals surface area (Å²) in [5.74, 6) is -2.22. The van der Waals surface area contributed by atoms with Gasteiger partial charge in [-0.1, -0.05) is 11.6 Å². The number of hydrogen-bond donors (Lipinski definition) is 1. The van der Waals surface area contributed by atoms with Gasteiger partial charge in [0.2, 0.25) is 0 Å². The first kappa shape index (κ1) is 19.0. The molecule has 1 aromatic carbocycles. The number of rotatable bonds is 2. The standard InChI is InChI=1S/C14H7ClF6N4O2/c1-24-6(14(19,20)21)3-7(26)25(13(24)27)10-5(16)2-4(15)8-9(10)23-12(22-8)11(17)18/h2-3,11H,1H3,(H,22,23). The molecule has 13 heteroatoms. The van der Waals surface area contributed by atoms with E-state index in [1.165, 1.54) is 0 Å². The van der Waals surface area contributed by atoms with Crippen LogP contribution in [0.2, 0.25) is 5.02 Å². The lowest BCUT2D eigenvalue weighted by molar-refractivity contribution is -0.144. The molecule has 0 aliphatic carbocycles. The number of nitrogens with zero attached hydrogens (tertiary/aromatic N) is 3. The average molecular weight is 413 g/mol. The fourth-order valence-corrected chi connectivity index (χ4v) is 2.76. The van der Waals surface area contributed by atoms with E-state index >= 15 is 0 Å². The van der Waals surface area contributed by atoms with E-state index in [-0.39, 0.29) is 20.7 Å². The number of hydrogen-bond acceptors (Lipinski definition) is 3. The van der Waals surface area contributed by atoms with Gasteiger partial charge in [0, 0.05) is 13.1 Å². The Bertz CT molecular complexity index is 1180. The van der Waals surface area contributed by atoms with Crippen LogP contribution in [-0.4, -0.2) is 19.1 Å². The zero-order valence-corrected chi connectivity index (χ0v) is 13.8. The number of aromatic amines is 1. The number of alkyl halides is 5. The molecule has 0 saturated heterocycles. The van der Waals surface area contributed by atoms with Crippen LogP contribution in [0.5, 0.6) is 0 Å². The molecule has 27 heavy (non-hydrogen) atoms. The lowest BCUT2D eigenvalue weighted by Crippen LogP contribution is -2.41. The fourth-order valence-electron chi connectivity index (χ4n) is 2.53. The molecule has 0 amide bonds. The first-order chi connectivity index (χ1) is 12.4. The van der Waals surface area contributed by atoms with Crippen molar-refractivity contribution in [1.82, 2.24) is 19.1 Å². The topological polar surface area (TPSA) is 72.7 Å². The Hall–Kier alpha value is -2.76. The predicted octanol–water partition coefficient (Wildman–Crippen LogP) is 3.16. The van der Waals surface area contributed by atoms with E-state index in [0.717, 1.165) is 7.05 Å². The summed E-state index contributed by atoms with van der Waals surface area (Å²) in [7, 11) is 0.726. The normalized spacial score (nSPS) is 12.3.